The van der Waals surface area contributed by atoms with Gasteiger partial charge in [-0.25, -0.2) is 0 Å². The molecule has 0 aliphatic heterocycles. The third kappa shape index (κ3) is 3.33. The molecule has 0 aliphatic carbocycles. The fourth-order valence-corrected chi connectivity index (χ4v) is 1.56. The Morgan fingerprint density at radius 1 is 1.42 bits per heavy atom. The normalized spacial score (nSPS) is 9.84. The Bertz CT molecular complexity index is 628. The van der Waals surface area contributed by atoms with Crippen molar-refractivity contribution in [3.05, 3.63) is 47.7 Å². The van der Waals surface area contributed by atoms with Crippen LogP contribution < -0.4 is 5.73 Å². The molecule has 1 aromatic heterocycles. The van der Waals surface area contributed by atoms with E-state index < -0.39 is 5.97 Å². The Morgan fingerprint density at radius 2 is 2.21 bits per heavy atom. The highest BCUT2D eigenvalue weighted by Gasteiger charge is 2.07. The number of nitriles is 1. The van der Waals surface area contributed by atoms with Gasteiger partial charge in [0.15, 0.2) is 0 Å². The van der Waals surface area contributed by atoms with Crippen molar-refractivity contribution < 1.29 is 9.53 Å². The Hall–Kier alpha value is -2.81. The highest BCUT2D eigenvalue weighted by molar-refractivity contribution is 5.69. The van der Waals surface area contributed by atoms with E-state index in [0.717, 1.165) is 0 Å². The van der Waals surface area contributed by atoms with Crippen LogP contribution in [0.1, 0.15) is 11.1 Å². The van der Waals surface area contributed by atoms with Gasteiger partial charge in [0.05, 0.1) is 11.6 Å². The minimum atomic E-state index is -0.434. The SMILES string of the molecule is N#Cc1ccccc1COC(=O)Cn1ccc(N)n1. The summed E-state index contributed by atoms with van der Waals surface area (Å²) >= 11 is 0. The Morgan fingerprint density at radius 3 is 2.89 bits per heavy atom. The number of nitrogens with zero attached hydrogens (tertiary/aromatic N) is 3. The molecule has 0 radical (unpaired) electrons. The molecule has 0 spiro atoms. The zero-order valence-electron chi connectivity index (χ0n) is 10.1. The second-order valence-corrected chi connectivity index (χ2v) is 3.87. The highest BCUT2D eigenvalue weighted by Crippen LogP contribution is 2.09. The zero-order chi connectivity index (χ0) is 13.7. The van der Waals surface area contributed by atoms with Gasteiger partial charge in [0.25, 0.3) is 0 Å². The molecule has 0 unspecified atom stereocenters. The van der Waals surface area contributed by atoms with Gasteiger partial charge in [-0.15, -0.1) is 0 Å². The molecule has 0 aliphatic rings. The van der Waals surface area contributed by atoms with Gasteiger partial charge < -0.3 is 10.5 Å². The predicted octanol–water partition coefficient (Wildman–Crippen LogP) is 1.08. The molecule has 19 heavy (non-hydrogen) atoms. The van der Waals surface area contributed by atoms with E-state index in [-0.39, 0.29) is 13.2 Å². The number of esters is 1. The Balaban J connectivity index is 1.92. The quantitative estimate of drug-likeness (QED) is 0.826. The molecule has 0 saturated carbocycles. The third-order valence-corrected chi connectivity index (χ3v) is 2.48. The maximum absolute atomic E-state index is 11.6. The summed E-state index contributed by atoms with van der Waals surface area (Å²) in [7, 11) is 0. The van der Waals surface area contributed by atoms with Crippen LogP contribution in [0.4, 0.5) is 5.82 Å². The van der Waals surface area contributed by atoms with Crippen molar-refractivity contribution >= 4 is 11.8 Å². The summed E-state index contributed by atoms with van der Waals surface area (Å²) in [6.45, 7) is 0.0608. The van der Waals surface area contributed by atoms with Gasteiger partial charge in [-0.2, -0.15) is 10.4 Å². The van der Waals surface area contributed by atoms with E-state index in [9.17, 15) is 4.79 Å². The summed E-state index contributed by atoms with van der Waals surface area (Å²) in [5.41, 5.74) is 6.61. The first kappa shape index (κ1) is 12.6. The van der Waals surface area contributed by atoms with Gasteiger partial charge in [-0.3, -0.25) is 9.48 Å². The van der Waals surface area contributed by atoms with E-state index in [4.69, 9.17) is 15.7 Å². The average Bonchev–Trinajstić information content (AvgIpc) is 2.82. The monoisotopic (exact) mass is 256 g/mol. The number of benzene rings is 1. The predicted molar refractivity (Wildman–Crippen MR) is 67.6 cm³/mol. The summed E-state index contributed by atoms with van der Waals surface area (Å²) in [6, 6.07) is 10.6. The molecule has 6 nitrogen and oxygen atoms in total. The minimum absolute atomic E-state index is 0.00802. The van der Waals surface area contributed by atoms with Crippen molar-refractivity contribution in [3.63, 3.8) is 0 Å². The number of hydrogen-bond acceptors (Lipinski definition) is 5. The first-order valence-electron chi connectivity index (χ1n) is 5.61. The van der Waals surface area contributed by atoms with Crippen molar-refractivity contribution in [1.29, 1.82) is 5.26 Å². The first-order chi connectivity index (χ1) is 9.19. The highest BCUT2D eigenvalue weighted by atomic mass is 16.5. The third-order valence-electron chi connectivity index (χ3n) is 2.48. The Kier molecular flexibility index (Phi) is 3.78. The molecule has 1 heterocycles. The number of hydrogen-bond donors (Lipinski definition) is 1. The van der Waals surface area contributed by atoms with E-state index in [0.29, 0.717) is 16.9 Å². The van der Waals surface area contributed by atoms with Crippen molar-refractivity contribution in [2.24, 2.45) is 0 Å². The molecule has 96 valence electrons. The van der Waals surface area contributed by atoms with Gasteiger partial charge in [-0.1, -0.05) is 18.2 Å². The molecule has 1 aromatic carbocycles. The summed E-state index contributed by atoms with van der Waals surface area (Å²) in [5, 5.41) is 12.8. The van der Waals surface area contributed by atoms with Gasteiger partial charge >= 0.3 is 5.97 Å². The summed E-state index contributed by atoms with van der Waals surface area (Å²) in [4.78, 5) is 11.6. The van der Waals surface area contributed by atoms with Crippen LogP contribution in [0.5, 0.6) is 0 Å². The van der Waals surface area contributed by atoms with Crippen molar-refractivity contribution in [3.8, 4) is 6.07 Å². The van der Waals surface area contributed by atoms with Crippen LogP contribution in [0.2, 0.25) is 0 Å². The van der Waals surface area contributed by atoms with E-state index >= 15 is 0 Å². The van der Waals surface area contributed by atoms with E-state index in [1.54, 1.807) is 36.5 Å². The molecule has 2 N–H and O–H groups in total. The number of carbonyl (C=O) groups excluding carboxylic acids is 1. The van der Waals surface area contributed by atoms with Crippen molar-refractivity contribution in [2.45, 2.75) is 13.2 Å². The number of carbonyl (C=O) groups is 1. The van der Waals surface area contributed by atoms with Crippen LogP contribution in [0.3, 0.4) is 0 Å². The summed E-state index contributed by atoms with van der Waals surface area (Å²) in [6.07, 6.45) is 1.60. The second kappa shape index (κ2) is 5.69. The van der Waals surface area contributed by atoms with Crippen molar-refractivity contribution in [2.75, 3.05) is 5.73 Å². The molecule has 2 rings (SSSR count). The number of nitrogens with two attached hydrogens (primary N) is 1. The fraction of sp³-hybridized carbons (Fsp3) is 0.154. The van der Waals surface area contributed by atoms with Crippen LogP contribution in [0, 0.1) is 11.3 Å². The summed E-state index contributed by atoms with van der Waals surface area (Å²) < 4.78 is 6.49. The van der Waals surface area contributed by atoms with E-state index in [1.165, 1.54) is 4.68 Å². The molecule has 6 heteroatoms. The molecule has 0 fully saturated rings. The average molecular weight is 256 g/mol. The lowest BCUT2D eigenvalue weighted by Gasteiger charge is -2.06. The number of aromatic nitrogens is 2. The molecule has 2 aromatic rings. The van der Waals surface area contributed by atoms with Crippen LogP contribution in [0.15, 0.2) is 36.5 Å². The van der Waals surface area contributed by atoms with Crippen LogP contribution in [0.25, 0.3) is 0 Å². The first-order valence-corrected chi connectivity index (χ1v) is 5.61. The maximum Gasteiger partial charge on any atom is 0.328 e. The largest absolute Gasteiger partial charge is 0.459 e. The molecular weight excluding hydrogens is 244 g/mol. The molecule has 0 amide bonds. The molecule has 0 bridgehead atoms. The number of rotatable bonds is 4. The van der Waals surface area contributed by atoms with Gasteiger partial charge in [0, 0.05) is 11.8 Å². The number of anilines is 1. The van der Waals surface area contributed by atoms with Crippen molar-refractivity contribution in [1.82, 2.24) is 9.78 Å². The minimum Gasteiger partial charge on any atom is -0.459 e. The lowest BCUT2D eigenvalue weighted by molar-refractivity contribution is -0.145. The molecular formula is C13H12N4O2. The van der Waals surface area contributed by atoms with E-state index in [2.05, 4.69) is 5.10 Å². The fourth-order valence-electron chi connectivity index (χ4n) is 1.56. The second-order valence-electron chi connectivity index (χ2n) is 3.87. The lowest BCUT2D eigenvalue weighted by atomic mass is 10.1. The summed E-state index contributed by atoms with van der Waals surface area (Å²) in [5.74, 6) is -0.0848. The molecule has 0 saturated heterocycles. The molecule has 0 atom stereocenters. The number of nitrogen functional groups attached to an aromatic ring is 1. The van der Waals surface area contributed by atoms with E-state index in [1.807, 2.05) is 6.07 Å². The van der Waals surface area contributed by atoms with Crippen LogP contribution in [-0.2, 0) is 22.7 Å². The van der Waals surface area contributed by atoms with Gasteiger partial charge in [0.2, 0.25) is 0 Å². The Labute approximate surface area is 110 Å². The van der Waals surface area contributed by atoms with Gasteiger partial charge in [-0.05, 0) is 12.1 Å². The maximum atomic E-state index is 11.6. The standard InChI is InChI=1S/C13H12N4O2/c14-7-10-3-1-2-4-11(10)9-19-13(18)8-17-6-5-12(15)16-17/h1-6H,8-9H2,(H2,15,16). The lowest BCUT2D eigenvalue weighted by Crippen LogP contribution is -2.14. The number of ether oxygens (including phenoxy) is 1. The van der Waals surface area contributed by atoms with Crippen LogP contribution >= 0.6 is 0 Å². The smallest absolute Gasteiger partial charge is 0.328 e. The van der Waals surface area contributed by atoms with Crippen LogP contribution in [-0.4, -0.2) is 15.7 Å². The zero-order valence-corrected chi connectivity index (χ0v) is 10.1. The topological polar surface area (TPSA) is 93.9 Å². The van der Waals surface area contributed by atoms with Gasteiger partial charge in [0.1, 0.15) is 19.0 Å².